The lowest BCUT2D eigenvalue weighted by atomic mass is 9.69. The van der Waals surface area contributed by atoms with Gasteiger partial charge in [-0.25, -0.2) is 9.59 Å². The quantitative estimate of drug-likeness (QED) is 0.525. The van der Waals surface area contributed by atoms with Gasteiger partial charge in [0.05, 0.1) is 12.5 Å². The van der Waals surface area contributed by atoms with Crippen molar-refractivity contribution < 1.29 is 34.0 Å². The summed E-state index contributed by atoms with van der Waals surface area (Å²) in [6.45, 7) is 1.71. The monoisotopic (exact) mass is 494 g/mol. The van der Waals surface area contributed by atoms with Crippen molar-refractivity contribution in [1.82, 2.24) is 10.2 Å². The summed E-state index contributed by atoms with van der Waals surface area (Å²) in [7, 11) is 3.73. The number of benzene rings is 2. The standard InChI is InChI=1S/C27H30N2O7/c1-29-12-11-27-10-9-19(14-22(27)36-24-21(34-2)8-5-17(15-29)23(24)27)35-26(33)28-20(25(31)32)13-16-3-6-18(30)7-4-16/h3-10,19-20,22,30H,11-15H2,1-2H3,(H,28,33)(H,31,32). The van der Waals surface area contributed by atoms with E-state index in [4.69, 9.17) is 14.2 Å². The summed E-state index contributed by atoms with van der Waals surface area (Å²) in [4.78, 5) is 26.7. The van der Waals surface area contributed by atoms with Crippen LogP contribution in [0.5, 0.6) is 17.2 Å². The molecule has 2 aromatic carbocycles. The summed E-state index contributed by atoms with van der Waals surface area (Å²) >= 11 is 0. The number of hydrogen-bond acceptors (Lipinski definition) is 7. The molecular formula is C27H30N2O7. The van der Waals surface area contributed by atoms with Gasteiger partial charge in [-0.2, -0.15) is 0 Å². The molecule has 2 aliphatic heterocycles. The molecule has 0 saturated carbocycles. The predicted molar refractivity (Wildman–Crippen MR) is 130 cm³/mol. The number of aromatic hydroxyl groups is 1. The number of alkyl carbamates (subject to hydrolysis) is 1. The molecule has 190 valence electrons. The zero-order valence-electron chi connectivity index (χ0n) is 20.3. The van der Waals surface area contributed by atoms with Crippen molar-refractivity contribution in [3.63, 3.8) is 0 Å². The lowest BCUT2D eigenvalue weighted by Gasteiger charge is -2.36. The molecule has 0 bridgehead atoms. The lowest BCUT2D eigenvalue weighted by Crippen LogP contribution is -2.46. The van der Waals surface area contributed by atoms with Crippen molar-refractivity contribution >= 4 is 12.1 Å². The van der Waals surface area contributed by atoms with Crippen LogP contribution < -0.4 is 14.8 Å². The number of hydrogen-bond donors (Lipinski definition) is 3. The molecule has 0 fully saturated rings. The molecule has 1 aliphatic carbocycles. The fourth-order valence-electron chi connectivity index (χ4n) is 5.53. The molecule has 2 aromatic rings. The topological polar surface area (TPSA) is 118 Å². The van der Waals surface area contributed by atoms with Gasteiger partial charge in [0.15, 0.2) is 11.5 Å². The summed E-state index contributed by atoms with van der Waals surface area (Å²) in [5, 5.41) is 21.5. The van der Waals surface area contributed by atoms with E-state index in [1.54, 1.807) is 19.2 Å². The Morgan fingerprint density at radius 1 is 1.25 bits per heavy atom. The fourth-order valence-corrected chi connectivity index (χ4v) is 5.53. The lowest BCUT2D eigenvalue weighted by molar-refractivity contribution is -0.139. The van der Waals surface area contributed by atoms with Gasteiger partial charge in [-0.3, -0.25) is 0 Å². The summed E-state index contributed by atoms with van der Waals surface area (Å²) < 4.78 is 17.6. The van der Waals surface area contributed by atoms with Crippen molar-refractivity contribution in [3.8, 4) is 17.2 Å². The third kappa shape index (κ3) is 4.35. The summed E-state index contributed by atoms with van der Waals surface area (Å²) in [5.74, 6) is 0.357. The predicted octanol–water partition coefficient (Wildman–Crippen LogP) is 2.99. The summed E-state index contributed by atoms with van der Waals surface area (Å²) in [6.07, 6.45) is 3.76. The molecule has 4 unspecified atom stereocenters. The fraction of sp³-hybridized carbons (Fsp3) is 0.407. The third-order valence-electron chi connectivity index (χ3n) is 7.35. The van der Waals surface area contributed by atoms with Crippen LogP contribution in [0, 0.1) is 0 Å². The maximum absolute atomic E-state index is 12.7. The Bertz CT molecular complexity index is 1200. The van der Waals surface area contributed by atoms with E-state index in [-0.39, 0.29) is 23.7 Å². The number of nitrogens with zero attached hydrogens (tertiary/aromatic N) is 1. The minimum absolute atomic E-state index is 0.0610. The highest BCUT2D eigenvalue weighted by Crippen LogP contribution is 2.55. The number of nitrogens with one attached hydrogen (secondary N) is 1. The first kappa shape index (κ1) is 24.0. The Morgan fingerprint density at radius 3 is 2.75 bits per heavy atom. The number of carbonyl (C=O) groups excluding carboxylic acids is 1. The number of carboxylic acid groups (broad SMARTS) is 1. The molecule has 4 atom stereocenters. The van der Waals surface area contributed by atoms with Crippen molar-refractivity contribution in [2.75, 3.05) is 20.7 Å². The highest BCUT2D eigenvalue weighted by molar-refractivity contribution is 5.80. The van der Waals surface area contributed by atoms with Gasteiger partial charge in [0.1, 0.15) is 24.0 Å². The van der Waals surface area contributed by atoms with Crippen LogP contribution in [0.25, 0.3) is 0 Å². The van der Waals surface area contributed by atoms with Crippen molar-refractivity contribution in [2.45, 2.75) is 49.5 Å². The molecule has 5 rings (SSSR count). The van der Waals surface area contributed by atoms with Crippen LogP contribution >= 0.6 is 0 Å². The van der Waals surface area contributed by atoms with E-state index in [2.05, 4.69) is 29.4 Å². The second kappa shape index (κ2) is 9.39. The molecule has 3 N–H and O–H groups in total. The highest BCUT2D eigenvalue weighted by atomic mass is 16.6. The number of carbonyl (C=O) groups is 2. The van der Waals surface area contributed by atoms with E-state index in [0.717, 1.165) is 30.8 Å². The van der Waals surface area contributed by atoms with Crippen molar-refractivity contribution in [3.05, 3.63) is 65.2 Å². The number of aliphatic carboxylic acids is 1. The normalized spacial score (nSPS) is 25.1. The van der Waals surface area contributed by atoms with Crippen LogP contribution in [0.15, 0.2) is 48.6 Å². The smallest absolute Gasteiger partial charge is 0.408 e. The van der Waals surface area contributed by atoms with Crippen LogP contribution in [0.4, 0.5) is 4.79 Å². The zero-order valence-corrected chi connectivity index (χ0v) is 20.3. The van der Waals surface area contributed by atoms with Crippen LogP contribution in [0.1, 0.15) is 29.5 Å². The minimum atomic E-state index is -1.17. The van der Waals surface area contributed by atoms with Gasteiger partial charge in [-0.15, -0.1) is 0 Å². The number of ether oxygens (including phenoxy) is 3. The molecule has 36 heavy (non-hydrogen) atoms. The van der Waals surface area contributed by atoms with Crippen LogP contribution in [-0.2, 0) is 27.9 Å². The number of phenols is 1. The SMILES string of the molecule is COc1ccc2c3c1OC1CC(OC(=O)NC(Cc4ccc(O)cc4)C(=O)O)C=CC31CCN(C)C2. The van der Waals surface area contributed by atoms with Crippen molar-refractivity contribution in [2.24, 2.45) is 0 Å². The van der Waals surface area contributed by atoms with Gasteiger partial charge in [-0.1, -0.05) is 24.3 Å². The molecule has 9 nitrogen and oxygen atoms in total. The average Bonchev–Trinajstić information content (AvgIpc) is 3.11. The Morgan fingerprint density at radius 2 is 2.03 bits per heavy atom. The van der Waals surface area contributed by atoms with Gasteiger partial charge < -0.3 is 34.6 Å². The molecule has 2 heterocycles. The molecule has 0 saturated heterocycles. The van der Waals surface area contributed by atoms with E-state index in [0.29, 0.717) is 17.7 Å². The number of amides is 1. The average molecular weight is 495 g/mol. The Labute approximate surface area is 209 Å². The second-order valence-electron chi connectivity index (χ2n) is 9.71. The van der Waals surface area contributed by atoms with Crippen molar-refractivity contribution in [1.29, 1.82) is 0 Å². The zero-order chi connectivity index (χ0) is 25.4. The maximum atomic E-state index is 12.7. The molecule has 1 amide bonds. The number of methoxy groups -OCH3 is 1. The van der Waals surface area contributed by atoms with Gasteiger partial charge in [0.25, 0.3) is 0 Å². The van der Waals surface area contributed by atoms with Gasteiger partial charge in [0, 0.05) is 24.9 Å². The third-order valence-corrected chi connectivity index (χ3v) is 7.35. The largest absolute Gasteiger partial charge is 0.508 e. The molecule has 0 aromatic heterocycles. The molecular weight excluding hydrogens is 464 g/mol. The molecule has 0 radical (unpaired) electrons. The van der Waals surface area contributed by atoms with E-state index in [9.17, 15) is 19.8 Å². The minimum Gasteiger partial charge on any atom is -0.508 e. The number of rotatable bonds is 6. The Kier molecular flexibility index (Phi) is 6.26. The van der Waals surface area contributed by atoms with Gasteiger partial charge in [-0.05, 0) is 55.4 Å². The van der Waals surface area contributed by atoms with E-state index >= 15 is 0 Å². The highest BCUT2D eigenvalue weighted by Gasteiger charge is 2.53. The first-order valence-corrected chi connectivity index (χ1v) is 12.0. The van der Waals surface area contributed by atoms with E-state index in [1.165, 1.54) is 17.7 Å². The van der Waals surface area contributed by atoms with Crippen LogP contribution in [0.2, 0.25) is 0 Å². The van der Waals surface area contributed by atoms with Crippen LogP contribution in [-0.4, -0.2) is 66.1 Å². The Balaban J connectivity index is 1.31. The molecule has 1 spiro atoms. The number of phenolic OH excluding ortho intramolecular Hbond substituents is 1. The number of carboxylic acids is 1. The van der Waals surface area contributed by atoms with Gasteiger partial charge in [0.2, 0.25) is 0 Å². The van der Waals surface area contributed by atoms with E-state index in [1.807, 2.05) is 12.1 Å². The van der Waals surface area contributed by atoms with Gasteiger partial charge >= 0.3 is 12.1 Å². The van der Waals surface area contributed by atoms with Crippen LogP contribution in [0.3, 0.4) is 0 Å². The molecule has 9 heteroatoms. The van der Waals surface area contributed by atoms with E-state index < -0.39 is 24.2 Å². The second-order valence-corrected chi connectivity index (χ2v) is 9.71. The summed E-state index contributed by atoms with van der Waals surface area (Å²) in [5.41, 5.74) is 2.69. The Hall–Kier alpha value is -3.72. The maximum Gasteiger partial charge on any atom is 0.408 e. The first-order chi connectivity index (χ1) is 17.3. The first-order valence-electron chi connectivity index (χ1n) is 12.0. The molecule has 3 aliphatic rings. The summed E-state index contributed by atoms with van der Waals surface area (Å²) in [6, 6.07) is 9.03.